The molecule has 0 aromatic rings. The maximum atomic E-state index is 9.07. The molecule has 3 heteroatoms. The van der Waals surface area contributed by atoms with E-state index in [2.05, 4.69) is 13.8 Å². The van der Waals surface area contributed by atoms with Crippen molar-refractivity contribution < 1.29 is 10.2 Å². The molecule has 1 atom stereocenters. The van der Waals surface area contributed by atoms with Crippen LogP contribution in [-0.2, 0) is 0 Å². The van der Waals surface area contributed by atoms with E-state index < -0.39 is 0 Å². The summed E-state index contributed by atoms with van der Waals surface area (Å²) < 4.78 is 0. The van der Waals surface area contributed by atoms with E-state index in [4.69, 9.17) is 10.2 Å². The van der Waals surface area contributed by atoms with Crippen LogP contribution in [0.1, 0.15) is 20.8 Å². The van der Waals surface area contributed by atoms with Gasteiger partial charge in [-0.25, -0.2) is 0 Å². The van der Waals surface area contributed by atoms with Crippen molar-refractivity contribution in [3.8, 4) is 0 Å². The fourth-order valence-electron chi connectivity index (χ4n) is 1.03. The Morgan fingerprint density at radius 2 is 1.82 bits per heavy atom. The maximum absolute atomic E-state index is 9.07. The lowest BCUT2D eigenvalue weighted by molar-refractivity contribution is 0.0922. The van der Waals surface area contributed by atoms with Crippen molar-refractivity contribution in [3.05, 3.63) is 0 Å². The molecule has 0 bridgehead atoms. The molecule has 0 saturated heterocycles. The molecule has 0 aliphatic carbocycles. The molecule has 68 valence electrons. The predicted molar refractivity (Wildman–Crippen MR) is 45.5 cm³/mol. The Kier molecular flexibility index (Phi) is 5.46. The first kappa shape index (κ1) is 10.9. The van der Waals surface area contributed by atoms with Gasteiger partial charge in [-0.2, -0.15) is 0 Å². The third kappa shape index (κ3) is 5.18. The summed E-state index contributed by atoms with van der Waals surface area (Å²) in [6.45, 7) is 7.30. The molecule has 3 nitrogen and oxygen atoms in total. The molecule has 0 heterocycles. The summed E-state index contributed by atoms with van der Waals surface area (Å²) in [7, 11) is 0. The van der Waals surface area contributed by atoms with Gasteiger partial charge in [0.1, 0.15) is 0 Å². The van der Waals surface area contributed by atoms with E-state index in [1.807, 2.05) is 4.90 Å². The zero-order valence-electron chi connectivity index (χ0n) is 7.62. The Balaban J connectivity index is 3.69. The Bertz CT molecular complexity index is 94.1. The molecule has 0 unspecified atom stereocenters. The average Bonchev–Trinajstić information content (AvgIpc) is 1.86. The van der Waals surface area contributed by atoms with Gasteiger partial charge in [0.25, 0.3) is 0 Å². The molecule has 0 aromatic carbocycles. The minimum atomic E-state index is -0.316. The molecule has 0 aliphatic heterocycles. The fraction of sp³-hybridized carbons (Fsp3) is 1.00. The molecule has 2 N–H and O–H groups in total. The standard InChI is InChI=1S/C8H19NO2/c1-7(2)9(4-5-10)6-8(3)11/h7-8,10-11H,4-6H2,1-3H3/t8-/m1/s1. The number of hydrogen-bond donors (Lipinski definition) is 2. The van der Waals surface area contributed by atoms with E-state index in [9.17, 15) is 0 Å². The molecule has 0 spiro atoms. The number of aliphatic hydroxyl groups is 2. The second-order valence-corrected chi connectivity index (χ2v) is 3.16. The molecule has 0 saturated carbocycles. The van der Waals surface area contributed by atoms with E-state index in [-0.39, 0.29) is 12.7 Å². The van der Waals surface area contributed by atoms with Gasteiger partial charge in [0.15, 0.2) is 0 Å². The Morgan fingerprint density at radius 3 is 2.09 bits per heavy atom. The van der Waals surface area contributed by atoms with Gasteiger partial charge in [-0.15, -0.1) is 0 Å². The van der Waals surface area contributed by atoms with E-state index in [1.165, 1.54) is 0 Å². The number of hydrogen-bond acceptors (Lipinski definition) is 3. The van der Waals surface area contributed by atoms with Gasteiger partial charge in [-0.3, -0.25) is 4.90 Å². The summed E-state index contributed by atoms with van der Waals surface area (Å²) in [6.07, 6.45) is -0.316. The van der Waals surface area contributed by atoms with Gasteiger partial charge in [0, 0.05) is 19.1 Å². The van der Waals surface area contributed by atoms with Gasteiger partial charge in [0.2, 0.25) is 0 Å². The van der Waals surface area contributed by atoms with Crippen LogP contribution in [0.4, 0.5) is 0 Å². The van der Waals surface area contributed by atoms with Crippen LogP contribution in [0, 0.1) is 0 Å². The zero-order chi connectivity index (χ0) is 8.85. The summed E-state index contributed by atoms with van der Waals surface area (Å²) in [5.41, 5.74) is 0. The van der Waals surface area contributed by atoms with Crippen LogP contribution in [0.5, 0.6) is 0 Å². The van der Waals surface area contributed by atoms with Crippen molar-refractivity contribution in [2.75, 3.05) is 19.7 Å². The number of nitrogens with zero attached hydrogens (tertiary/aromatic N) is 1. The number of rotatable bonds is 5. The minimum Gasteiger partial charge on any atom is -0.395 e. The second-order valence-electron chi connectivity index (χ2n) is 3.16. The zero-order valence-corrected chi connectivity index (χ0v) is 7.62. The third-order valence-electron chi connectivity index (χ3n) is 1.62. The monoisotopic (exact) mass is 161 g/mol. The summed E-state index contributed by atoms with van der Waals surface area (Å²) in [6, 6.07) is 0.386. The SMILES string of the molecule is CC(C)N(CCO)C[C@@H](C)O. The molecule has 0 radical (unpaired) electrons. The van der Waals surface area contributed by atoms with Crippen molar-refractivity contribution >= 4 is 0 Å². The van der Waals surface area contributed by atoms with Gasteiger partial charge in [-0.1, -0.05) is 0 Å². The molecule has 0 aliphatic rings. The first-order valence-corrected chi connectivity index (χ1v) is 4.11. The molecule has 11 heavy (non-hydrogen) atoms. The van der Waals surface area contributed by atoms with Crippen LogP contribution < -0.4 is 0 Å². The van der Waals surface area contributed by atoms with E-state index in [1.54, 1.807) is 6.92 Å². The van der Waals surface area contributed by atoms with Crippen molar-refractivity contribution in [2.24, 2.45) is 0 Å². The molecule has 0 rings (SSSR count). The van der Waals surface area contributed by atoms with Crippen LogP contribution in [0.3, 0.4) is 0 Å². The van der Waals surface area contributed by atoms with Gasteiger partial charge < -0.3 is 10.2 Å². The summed E-state index contributed by atoms with van der Waals surface area (Å²) in [4.78, 5) is 2.05. The molecule has 0 aromatic heterocycles. The fourth-order valence-corrected chi connectivity index (χ4v) is 1.03. The van der Waals surface area contributed by atoms with Crippen molar-refractivity contribution in [1.29, 1.82) is 0 Å². The van der Waals surface area contributed by atoms with Crippen LogP contribution in [0.2, 0.25) is 0 Å². The lowest BCUT2D eigenvalue weighted by Gasteiger charge is -2.26. The van der Waals surface area contributed by atoms with Crippen LogP contribution in [0.15, 0.2) is 0 Å². The van der Waals surface area contributed by atoms with Gasteiger partial charge >= 0.3 is 0 Å². The lowest BCUT2D eigenvalue weighted by atomic mass is 10.3. The lowest BCUT2D eigenvalue weighted by Crippen LogP contribution is -2.38. The topological polar surface area (TPSA) is 43.7 Å². The van der Waals surface area contributed by atoms with Gasteiger partial charge in [-0.05, 0) is 20.8 Å². The predicted octanol–water partition coefficient (Wildman–Crippen LogP) is 0.0699. The second kappa shape index (κ2) is 5.52. The minimum absolute atomic E-state index is 0.158. The van der Waals surface area contributed by atoms with Crippen LogP contribution in [-0.4, -0.2) is 47.0 Å². The quantitative estimate of drug-likeness (QED) is 0.599. The maximum Gasteiger partial charge on any atom is 0.0639 e. The van der Waals surface area contributed by atoms with E-state index in [0.717, 1.165) is 0 Å². The number of aliphatic hydroxyl groups excluding tert-OH is 2. The van der Waals surface area contributed by atoms with Crippen molar-refractivity contribution in [1.82, 2.24) is 4.90 Å². The summed E-state index contributed by atoms with van der Waals surface area (Å²) in [5, 5.41) is 17.8. The van der Waals surface area contributed by atoms with Crippen LogP contribution in [0.25, 0.3) is 0 Å². The van der Waals surface area contributed by atoms with Crippen molar-refractivity contribution in [3.63, 3.8) is 0 Å². The Morgan fingerprint density at radius 1 is 1.27 bits per heavy atom. The van der Waals surface area contributed by atoms with E-state index in [0.29, 0.717) is 19.1 Å². The summed E-state index contributed by atoms with van der Waals surface area (Å²) >= 11 is 0. The normalized spacial score (nSPS) is 14.5. The smallest absolute Gasteiger partial charge is 0.0639 e. The largest absolute Gasteiger partial charge is 0.395 e. The molecule has 0 amide bonds. The van der Waals surface area contributed by atoms with Gasteiger partial charge in [0.05, 0.1) is 12.7 Å². The highest BCUT2D eigenvalue weighted by Gasteiger charge is 2.10. The summed E-state index contributed by atoms with van der Waals surface area (Å²) in [5.74, 6) is 0. The molecular formula is C8H19NO2. The molecule has 0 fully saturated rings. The average molecular weight is 161 g/mol. The van der Waals surface area contributed by atoms with Crippen molar-refractivity contribution in [2.45, 2.75) is 32.9 Å². The highest BCUT2D eigenvalue weighted by atomic mass is 16.3. The Hall–Kier alpha value is -0.120. The first-order valence-electron chi connectivity index (χ1n) is 4.11. The third-order valence-corrected chi connectivity index (χ3v) is 1.62. The van der Waals surface area contributed by atoms with Crippen LogP contribution >= 0.6 is 0 Å². The highest BCUT2D eigenvalue weighted by molar-refractivity contribution is 4.64. The molecular weight excluding hydrogens is 142 g/mol. The Labute approximate surface area is 68.6 Å². The first-order chi connectivity index (χ1) is 5.07. The highest BCUT2D eigenvalue weighted by Crippen LogP contribution is 1.98. The van der Waals surface area contributed by atoms with E-state index >= 15 is 0 Å².